The van der Waals surface area contributed by atoms with E-state index >= 15 is 0 Å². The summed E-state index contributed by atoms with van der Waals surface area (Å²) in [5, 5.41) is 13.2. The van der Waals surface area contributed by atoms with Crippen molar-refractivity contribution in [2.45, 2.75) is 141 Å². The number of anilines is 1. The van der Waals surface area contributed by atoms with Crippen LogP contribution < -0.4 is 11.1 Å². The second-order valence-corrected chi connectivity index (χ2v) is 13.2. The predicted molar refractivity (Wildman–Crippen MR) is 234 cm³/mol. The number of hydrogen-bond acceptors (Lipinski definition) is 7. The van der Waals surface area contributed by atoms with Crippen molar-refractivity contribution in [2.24, 2.45) is 11.8 Å². The molecule has 0 aliphatic heterocycles. The van der Waals surface area contributed by atoms with Crippen LogP contribution in [0.5, 0.6) is 0 Å². The molecule has 7 heteroatoms. The minimum atomic E-state index is -0.0843. The average Bonchev–Trinajstić information content (AvgIpc) is 3.13. The molecule has 4 N–H and O–H groups in total. The topological polar surface area (TPSA) is 122 Å². The quantitative estimate of drug-likeness (QED) is 0.0425. The van der Waals surface area contributed by atoms with Crippen molar-refractivity contribution in [3.8, 4) is 0 Å². The number of aldehydes is 1. The van der Waals surface area contributed by atoms with Crippen LogP contribution in [0.25, 0.3) is 10.8 Å². The Morgan fingerprint density at radius 2 is 1.26 bits per heavy atom. The van der Waals surface area contributed by atoms with Gasteiger partial charge in [0.15, 0.2) is 5.78 Å². The highest BCUT2D eigenvalue weighted by atomic mass is 16.5. The SMILES string of the molecule is CC(=O)c1ccc(C(=N)C(C)C)cc1.CC=O.CCC.CCCCC.CCCCCC(C)CC(=O)OC.CCNC.Cc1ccc2cc(N)ccc2c1. The first-order valence-corrected chi connectivity index (χ1v) is 19.7. The molecule has 53 heavy (non-hydrogen) atoms. The number of nitrogens with one attached hydrogen (secondary N) is 2. The molecule has 3 aromatic carbocycles. The zero-order valence-electron chi connectivity index (χ0n) is 36.3. The van der Waals surface area contributed by atoms with E-state index in [0.29, 0.717) is 23.6 Å². The van der Waals surface area contributed by atoms with Gasteiger partial charge < -0.3 is 26.0 Å². The fourth-order valence-electron chi connectivity index (χ4n) is 4.17. The molecule has 0 fully saturated rings. The number of methoxy groups -OCH3 is 1. The number of unbranched alkanes of at least 4 members (excludes halogenated alkanes) is 4. The molecule has 0 radical (unpaired) electrons. The van der Waals surface area contributed by atoms with Gasteiger partial charge >= 0.3 is 5.97 Å². The van der Waals surface area contributed by atoms with Crippen molar-refractivity contribution in [1.29, 1.82) is 5.41 Å². The van der Waals surface area contributed by atoms with Gasteiger partial charge in [-0.1, -0.05) is 168 Å². The van der Waals surface area contributed by atoms with Crippen molar-refractivity contribution in [3.63, 3.8) is 0 Å². The number of rotatable bonds is 12. The Kier molecular flexibility index (Phi) is 41.5. The van der Waals surface area contributed by atoms with Gasteiger partial charge in [0.2, 0.25) is 0 Å². The molecule has 3 aromatic rings. The number of hydrogen-bond donors (Lipinski definition) is 3. The van der Waals surface area contributed by atoms with Gasteiger partial charge in [-0.15, -0.1) is 0 Å². The lowest BCUT2D eigenvalue weighted by Crippen LogP contribution is -2.07. The van der Waals surface area contributed by atoms with Crippen LogP contribution >= 0.6 is 0 Å². The Labute approximate surface area is 325 Å². The number of nitrogens with two attached hydrogens (primary N) is 1. The second kappa shape index (κ2) is 39.4. The van der Waals surface area contributed by atoms with Gasteiger partial charge in [0, 0.05) is 23.4 Å². The lowest BCUT2D eigenvalue weighted by molar-refractivity contribution is -0.141. The van der Waals surface area contributed by atoms with Gasteiger partial charge in [-0.3, -0.25) is 9.59 Å². The summed E-state index contributed by atoms with van der Waals surface area (Å²) in [6.07, 6.45) is 11.5. The molecule has 0 spiro atoms. The van der Waals surface area contributed by atoms with E-state index in [-0.39, 0.29) is 17.7 Å². The summed E-state index contributed by atoms with van der Waals surface area (Å²) in [5.74, 6) is 0.675. The molecule has 302 valence electrons. The molecule has 1 atom stereocenters. The van der Waals surface area contributed by atoms with Gasteiger partial charge in [-0.25, -0.2) is 0 Å². The van der Waals surface area contributed by atoms with Crippen molar-refractivity contribution in [1.82, 2.24) is 5.32 Å². The Hall–Kier alpha value is -3.84. The van der Waals surface area contributed by atoms with Crippen LogP contribution in [-0.4, -0.2) is 44.5 Å². The van der Waals surface area contributed by atoms with Crippen LogP contribution in [-0.2, 0) is 14.3 Å². The molecule has 0 aromatic heterocycles. The lowest BCUT2D eigenvalue weighted by Gasteiger charge is -2.08. The van der Waals surface area contributed by atoms with E-state index in [1.165, 1.54) is 75.3 Å². The fourth-order valence-corrected chi connectivity index (χ4v) is 4.17. The van der Waals surface area contributed by atoms with E-state index in [0.717, 1.165) is 30.5 Å². The summed E-state index contributed by atoms with van der Waals surface area (Å²) in [5.41, 5.74) is 9.98. The summed E-state index contributed by atoms with van der Waals surface area (Å²) in [4.78, 5) is 30.6. The number of fused-ring (bicyclic) bond motifs is 1. The maximum absolute atomic E-state index is 11.0. The van der Waals surface area contributed by atoms with Crippen molar-refractivity contribution < 1.29 is 19.1 Å². The molecule has 0 aliphatic rings. The first-order chi connectivity index (χ1) is 25.1. The number of benzene rings is 3. The Morgan fingerprint density at radius 3 is 1.66 bits per heavy atom. The maximum Gasteiger partial charge on any atom is 0.305 e. The zero-order valence-corrected chi connectivity index (χ0v) is 36.3. The molecule has 0 saturated heterocycles. The van der Waals surface area contributed by atoms with Crippen molar-refractivity contribution in [3.05, 3.63) is 77.4 Å². The number of carbonyl (C=O) groups excluding carboxylic acids is 3. The van der Waals surface area contributed by atoms with Crippen LogP contribution in [0.1, 0.15) is 155 Å². The first kappa shape index (κ1) is 55.9. The molecule has 0 heterocycles. The van der Waals surface area contributed by atoms with Crippen LogP contribution in [0.3, 0.4) is 0 Å². The molecule has 0 saturated carbocycles. The smallest absolute Gasteiger partial charge is 0.305 e. The van der Waals surface area contributed by atoms with Crippen molar-refractivity contribution in [2.75, 3.05) is 26.4 Å². The number of ketones is 1. The largest absolute Gasteiger partial charge is 0.469 e. The Morgan fingerprint density at radius 1 is 0.811 bits per heavy atom. The minimum absolute atomic E-state index is 0.0626. The highest BCUT2D eigenvalue weighted by Gasteiger charge is 2.08. The number of ether oxygens (including phenoxy) is 1. The van der Waals surface area contributed by atoms with Crippen molar-refractivity contribution >= 4 is 40.2 Å². The van der Waals surface area contributed by atoms with Crippen LogP contribution in [0, 0.1) is 24.2 Å². The lowest BCUT2D eigenvalue weighted by atomic mass is 9.99. The summed E-state index contributed by atoms with van der Waals surface area (Å²) in [7, 11) is 3.38. The predicted octanol–water partition coefficient (Wildman–Crippen LogP) is 12.5. The van der Waals surface area contributed by atoms with Gasteiger partial charge in [-0.05, 0) is 74.7 Å². The number of esters is 1. The standard InChI is InChI=1S/C12H15NO.C11H11N.C10H20O2.C5H12.C3H9N.C3H8.C2H4O/c1-8(2)12(13)11-6-4-10(5-7-11)9(3)14;1-8-2-3-10-7-11(12)5-4-9(10)6-8;1-4-5-6-7-9(2)8-10(11)12-3;1-3-5-4-2;1-3-4-2;1-3-2;1-2-3/h4-8,13H,1-3H3;2-7H,12H2,1H3;9H,4-8H2,1-3H3;3-5H2,1-2H3;4H,3H2,1-2H3;3H2,1-2H3;2H,1H3. The van der Waals surface area contributed by atoms with Crippen LogP contribution in [0.2, 0.25) is 0 Å². The number of carbonyl (C=O) groups is 3. The second-order valence-electron chi connectivity index (χ2n) is 13.2. The summed E-state index contributed by atoms with van der Waals surface area (Å²) in [6.45, 7) is 25.2. The molecule has 7 nitrogen and oxygen atoms in total. The monoisotopic (exact) mass is 738 g/mol. The van der Waals surface area contributed by atoms with E-state index in [1.54, 1.807) is 19.1 Å². The zero-order chi connectivity index (χ0) is 41.6. The molecule has 3 rings (SSSR count). The number of aryl methyl sites for hydroxylation is 1. The molecule has 0 bridgehead atoms. The molecular weight excluding hydrogens is 659 g/mol. The molecule has 0 amide bonds. The minimum Gasteiger partial charge on any atom is -0.469 e. The molecule has 1 unspecified atom stereocenters. The fraction of sp³-hybridized carbons (Fsp3) is 0.565. The first-order valence-electron chi connectivity index (χ1n) is 19.7. The summed E-state index contributed by atoms with van der Waals surface area (Å²) < 4.78 is 4.59. The number of nitrogen functional groups attached to an aromatic ring is 1. The van der Waals surface area contributed by atoms with Gasteiger partial charge in [0.1, 0.15) is 6.29 Å². The maximum atomic E-state index is 11.0. The molecule has 0 aliphatic carbocycles. The van der Waals surface area contributed by atoms with E-state index < -0.39 is 0 Å². The molecular formula is C46H79N3O4. The van der Waals surface area contributed by atoms with Gasteiger partial charge in [-0.2, -0.15) is 0 Å². The number of Topliss-reactive ketones (excluding diaryl/α,β-unsaturated/α-hetero) is 1. The van der Waals surface area contributed by atoms with Crippen LogP contribution in [0.4, 0.5) is 5.69 Å². The summed E-state index contributed by atoms with van der Waals surface area (Å²) >= 11 is 0. The Balaban J connectivity index is -0.000000286. The highest BCUT2D eigenvalue weighted by Crippen LogP contribution is 2.18. The Bertz CT molecular complexity index is 1270. The van der Waals surface area contributed by atoms with E-state index in [1.807, 2.05) is 45.2 Å². The third-order valence-corrected chi connectivity index (χ3v) is 7.30. The summed E-state index contributed by atoms with van der Waals surface area (Å²) in [6, 6.07) is 19.5. The van der Waals surface area contributed by atoms with E-state index in [2.05, 4.69) is 89.7 Å². The highest BCUT2D eigenvalue weighted by molar-refractivity contribution is 6.01. The van der Waals surface area contributed by atoms with Crippen LogP contribution in [0.15, 0.2) is 60.7 Å². The van der Waals surface area contributed by atoms with Gasteiger partial charge in [0.05, 0.1) is 7.11 Å². The third kappa shape index (κ3) is 35.0. The van der Waals surface area contributed by atoms with E-state index in [9.17, 15) is 9.59 Å². The average molecular weight is 738 g/mol. The normalized spacial score (nSPS) is 9.87. The van der Waals surface area contributed by atoms with Gasteiger partial charge in [0.25, 0.3) is 0 Å². The third-order valence-electron chi connectivity index (χ3n) is 7.30. The van der Waals surface area contributed by atoms with E-state index in [4.69, 9.17) is 15.9 Å².